The predicted molar refractivity (Wildman–Crippen MR) is 42.3 cm³/mol. The van der Waals surface area contributed by atoms with Crippen LogP contribution in [0.2, 0.25) is 0 Å². The Morgan fingerprint density at radius 3 is 1.69 bits per heavy atom. The fourth-order valence-electron chi connectivity index (χ4n) is 0.664. The van der Waals surface area contributed by atoms with Gasteiger partial charge in [0, 0.05) is 7.05 Å². The average Bonchev–Trinajstić information content (AvgIpc) is 2.16. The molecule has 2 nitrogen and oxygen atoms in total. The third kappa shape index (κ3) is 6.30. The summed E-state index contributed by atoms with van der Waals surface area (Å²) in [6, 6.07) is 0. The number of hydrogen-bond acceptors (Lipinski definition) is 2. The van der Waals surface area contributed by atoms with Crippen molar-refractivity contribution in [3.05, 3.63) is 11.5 Å². The first kappa shape index (κ1) is 12.1. The summed E-state index contributed by atoms with van der Waals surface area (Å²) in [7, 11) is -3.98. The standard InChI is InChI=1S/C6H11NO.BF4/c1-5-6(2)8-4-7(5)3;2-1(3,4)5/h4H2,1-3H3;/q;-1. The molecule has 13 heavy (non-hydrogen) atoms. The van der Waals surface area contributed by atoms with Crippen LogP contribution in [0.4, 0.5) is 17.3 Å². The van der Waals surface area contributed by atoms with Gasteiger partial charge in [-0.15, -0.1) is 0 Å². The van der Waals surface area contributed by atoms with Crippen LogP contribution in [0.25, 0.3) is 0 Å². The minimum absolute atomic E-state index is 0.720. The second-order valence-corrected chi connectivity index (χ2v) is 2.61. The highest BCUT2D eigenvalue weighted by Gasteiger charge is 2.20. The van der Waals surface area contributed by atoms with E-state index in [1.807, 2.05) is 14.0 Å². The first-order valence-electron chi connectivity index (χ1n) is 3.60. The third-order valence-electron chi connectivity index (χ3n) is 1.56. The predicted octanol–water partition coefficient (Wildman–Crippen LogP) is 2.46. The van der Waals surface area contributed by atoms with Crippen molar-refractivity contribution in [2.45, 2.75) is 13.8 Å². The maximum atomic E-state index is 9.75. The van der Waals surface area contributed by atoms with Crippen molar-refractivity contribution < 1.29 is 22.0 Å². The van der Waals surface area contributed by atoms with Crippen molar-refractivity contribution in [1.29, 1.82) is 0 Å². The maximum absolute atomic E-state index is 9.75. The molecule has 1 heterocycles. The fourth-order valence-corrected chi connectivity index (χ4v) is 0.664. The van der Waals surface area contributed by atoms with E-state index in [1.165, 1.54) is 5.70 Å². The Hall–Kier alpha value is -0.875. The van der Waals surface area contributed by atoms with Gasteiger partial charge < -0.3 is 26.9 Å². The van der Waals surface area contributed by atoms with E-state index in [4.69, 9.17) is 4.74 Å². The first-order chi connectivity index (χ1) is 5.72. The van der Waals surface area contributed by atoms with Crippen LogP contribution in [0.5, 0.6) is 0 Å². The van der Waals surface area contributed by atoms with Crippen molar-refractivity contribution in [2.24, 2.45) is 0 Å². The summed E-state index contributed by atoms with van der Waals surface area (Å²) in [4.78, 5) is 2.08. The van der Waals surface area contributed by atoms with Crippen LogP contribution >= 0.6 is 0 Å². The lowest BCUT2D eigenvalue weighted by Gasteiger charge is -2.07. The molecule has 0 aromatic rings. The summed E-state index contributed by atoms with van der Waals surface area (Å²) >= 11 is 0. The summed E-state index contributed by atoms with van der Waals surface area (Å²) in [5.74, 6) is 1.05. The maximum Gasteiger partial charge on any atom is 0.673 e. The third-order valence-corrected chi connectivity index (χ3v) is 1.56. The largest absolute Gasteiger partial charge is 0.673 e. The fraction of sp³-hybridized carbons (Fsp3) is 0.667. The van der Waals surface area contributed by atoms with Gasteiger partial charge in [-0.05, 0) is 13.8 Å². The lowest BCUT2D eigenvalue weighted by Crippen LogP contribution is -2.10. The Bertz CT molecular complexity index is 197. The summed E-state index contributed by atoms with van der Waals surface area (Å²) < 4.78 is 44.2. The van der Waals surface area contributed by atoms with E-state index in [2.05, 4.69) is 11.8 Å². The Kier molecular flexibility index (Phi) is 4.09. The average molecular weight is 200 g/mol. The molecule has 0 aromatic carbocycles. The van der Waals surface area contributed by atoms with Crippen LogP contribution in [-0.4, -0.2) is 25.9 Å². The van der Waals surface area contributed by atoms with E-state index in [1.54, 1.807) is 0 Å². The zero-order valence-corrected chi connectivity index (χ0v) is 7.65. The van der Waals surface area contributed by atoms with Gasteiger partial charge in [0.05, 0.1) is 5.70 Å². The molecule has 0 unspecified atom stereocenters. The van der Waals surface area contributed by atoms with Gasteiger partial charge in [-0.1, -0.05) is 0 Å². The van der Waals surface area contributed by atoms with Crippen molar-refractivity contribution in [1.82, 2.24) is 4.90 Å². The van der Waals surface area contributed by atoms with Crippen LogP contribution in [0, 0.1) is 0 Å². The Balaban J connectivity index is 0.000000252. The molecule has 0 N–H and O–H groups in total. The first-order valence-corrected chi connectivity index (χ1v) is 3.60. The second kappa shape index (κ2) is 4.39. The van der Waals surface area contributed by atoms with Crippen molar-refractivity contribution >= 4 is 7.25 Å². The van der Waals surface area contributed by atoms with E-state index in [-0.39, 0.29) is 0 Å². The van der Waals surface area contributed by atoms with Crippen molar-refractivity contribution in [2.75, 3.05) is 13.8 Å². The van der Waals surface area contributed by atoms with E-state index in [0.29, 0.717) is 0 Å². The quantitative estimate of drug-likeness (QED) is 0.439. The van der Waals surface area contributed by atoms with Gasteiger partial charge in [0.1, 0.15) is 5.76 Å². The van der Waals surface area contributed by atoms with E-state index >= 15 is 0 Å². The topological polar surface area (TPSA) is 12.5 Å². The molecule has 0 aromatic heterocycles. The number of allylic oxidation sites excluding steroid dienone is 2. The van der Waals surface area contributed by atoms with Crippen molar-refractivity contribution in [3.63, 3.8) is 0 Å². The van der Waals surface area contributed by atoms with Gasteiger partial charge >= 0.3 is 7.25 Å². The van der Waals surface area contributed by atoms with Crippen LogP contribution in [0.15, 0.2) is 11.5 Å². The number of nitrogens with zero attached hydrogens (tertiary/aromatic N) is 1. The van der Waals surface area contributed by atoms with Crippen LogP contribution < -0.4 is 0 Å². The van der Waals surface area contributed by atoms with Gasteiger partial charge in [0.15, 0.2) is 6.73 Å². The van der Waals surface area contributed by atoms with Gasteiger partial charge in [-0.3, -0.25) is 0 Å². The lowest BCUT2D eigenvalue weighted by molar-refractivity contribution is 0.168. The molecular formula is C6H11BF4NO-. The molecule has 0 radical (unpaired) electrons. The normalized spacial score (nSPS) is 16.7. The van der Waals surface area contributed by atoms with Crippen molar-refractivity contribution in [3.8, 4) is 0 Å². The highest BCUT2D eigenvalue weighted by atomic mass is 19.5. The molecule has 78 valence electrons. The monoisotopic (exact) mass is 200 g/mol. The summed E-state index contributed by atoms with van der Waals surface area (Å²) in [6.07, 6.45) is 0. The Morgan fingerprint density at radius 1 is 1.23 bits per heavy atom. The number of hydrogen-bond donors (Lipinski definition) is 0. The lowest BCUT2D eigenvalue weighted by atomic mass is 10.3. The molecule has 1 aliphatic heterocycles. The molecule has 7 heteroatoms. The summed E-state index contributed by atoms with van der Waals surface area (Å²) in [5, 5.41) is 0. The highest BCUT2D eigenvalue weighted by molar-refractivity contribution is 6.50. The van der Waals surface area contributed by atoms with E-state index < -0.39 is 7.25 Å². The van der Waals surface area contributed by atoms with Crippen LogP contribution in [-0.2, 0) is 4.74 Å². The molecule has 0 fully saturated rings. The molecular weight excluding hydrogens is 189 g/mol. The minimum Gasteiger partial charge on any atom is -0.476 e. The molecule has 0 saturated carbocycles. The summed E-state index contributed by atoms with van der Waals surface area (Å²) in [6.45, 7) is 4.76. The van der Waals surface area contributed by atoms with Crippen LogP contribution in [0.1, 0.15) is 13.8 Å². The highest BCUT2D eigenvalue weighted by Crippen LogP contribution is 2.15. The summed E-state index contributed by atoms with van der Waals surface area (Å²) in [5.41, 5.74) is 1.24. The molecule has 0 bridgehead atoms. The molecule has 0 atom stereocenters. The molecule has 1 aliphatic rings. The van der Waals surface area contributed by atoms with E-state index in [9.17, 15) is 17.3 Å². The number of halogens is 4. The van der Waals surface area contributed by atoms with Gasteiger partial charge in [0.2, 0.25) is 0 Å². The van der Waals surface area contributed by atoms with E-state index in [0.717, 1.165) is 12.5 Å². The zero-order valence-electron chi connectivity index (χ0n) is 7.65. The van der Waals surface area contributed by atoms with Gasteiger partial charge in [0.25, 0.3) is 0 Å². The zero-order chi connectivity index (χ0) is 10.6. The van der Waals surface area contributed by atoms with Gasteiger partial charge in [-0.2, -0.15) is 0 Å². The SMILES string of the molecule is CC1=C(C)N(C)CO1.F[B-](F)(F)F. The molecule has 0 spiro atoms. The van der Waals surface area contributed by atoms with Crippen LogP contribution in [0.3, 0.4) is 0 Å². The molecule has 0 saturated heterocycles. The Morgan fingerprint density at radius 2 is 1.62 bits per heavy atom. The molecule has 1 rings (SSSR count). The minimum atomic E-state index is -6.00. The second-order valence-electron chi connectivity index (χ2n) is 2.61. The Labute approximate surface area is 74.3 Å². The number of rotatable bonds is 0. The molecule has 0 aliphatic carbocycles. The molecule has 0 amide bonds. The smallest absolute Gasteiger partial charge is 0.476 e. The number of ether oxygens (including phenoxy) is 1. The van der Waals surface area contributed by atoms with Gasteiger partial charge in [-0.25, -0.2) is 0 Å².